The molecule has 0 unspecified atom stereocenters. The Kier molecular flexibility index (Phi) is 6.45. The number of carbonyl (C=O) groups excluding carboxylic acids is 1. The molecule has 0 aromatic heterocycles. The van der Waals surface area contributed by atoms with Gasteiger partial charge in [0, 0.05) is 32.7 Å². The molecule has 122 valence electrons. The topological polar surface area (TPSA) is 44.8 Å². The standard InChI is InChI=1S/C16H31N3O2/c1-13(17-11-15-12-18(2)9-10-21-15)16(20)19(3)14-7-5-4-6-8-14/h13-15,17H,4-12H2,1-3H3/t13-,15+/m0/s1. The van der Waals surface area contributed by atoms with Crippen molar-refractivity contribution in [1.29, 1.82) is 0 Å². The summed E-state index contributed by atoms with van der Waals surface area (Å²) in [5.41, 5.74) is 0. The number of amides is 1. The van der Waals surface area contributed by atoms with Crippen LogP contribution in [0.3, 0.4) is 0 Å². The maximum absolute atomic E-state index is 12.5. The van der Waals surface area contributed by atoms with Crippen LogP contribution in [0.25, 0.3) is 0 Å². The number of nitrogens with one attached hydrogen (secondary N) is 1. The lowest BCUT2D eigenvalue weighted by Crippen LogP contribution is -2.51. The number of likely N-dealkylation sites (N-methyl/N-ethyl adjacent to an activating group) is 2. The molecule has 2 rings (SSSR count). The number of nitrogens with zero attached hydrogens (tertiary/aromatic N) is 2. The van der Waals surface area contributed by atoms with Crippen LogP contribution >= 0.6 is 0 Å². The molecule has 0 spiro atoms. The molecule has 1 amide bonds. The summed E-state index contributed by atoms with van der Waals surface area (Å²) < 4.78 is 5.73. The van der Waals surface area contributed by atoms with E-state index in [-0.39, 0.29) is 18.1 Å². The first-order valence-corrected chi connectivity index (χ1v) is 8.38. The van der Waals surface area contributed by atoms with E-state index in [9.17, 15) is 4.79 Å². The van der Waals surface area contributed by atoms with Gasteiger partial charge in [0.15, 0.2) is 0 Å². The summed E-state index contributed by atoms with van der Waals surface area (Å²) in [7, 11) is 4.07. The predicted octanol–water partition coefficient (Wildman–Crippen LogP) is 1.09. The third-order valence-corrected chi connectivity index (χ3v) is 4.83. The zero-order valence-corrected chi connectivity index (χ0v) is 13.8. The summed E-state index contributed by atoms with van der Waals surface area (Å²) >= 11 is 0. The van der Waals surface area contributed by atoms with Gasteiger partial charge in [-0.05, 0) is 26.8 Å². The average Bonchev–Trinajstić information content (AvgIpc) is 2.52. The smallest absolute Gasteiger partial charge is 0.239 e. The molecular formula is C16H31N3O2. The van der Waals surface area contributed by atoms with Crippen molar-refractivity contribution in [3.63, 3.8) is 0 Å². The van der Waals surface area contributed by atoms with Crippen LogP contribution in [-0.2, 0) is 9.53 Å². The van der Waals surface area contributed by atoms with Crippen LogP contribution in [0.4, 0.5) is 0 Å². The molecule has 1 heterocycles. The minimum absolute atomic E-state index is 0.132. The maximum Gasteiger partial charge on any atom is 0.239 e. The van der Waals surface area contributed by atoms with Crippen molar-refractivity contribution < 1.29 is 9.53 Å². The summed E-state index contributed by atoms with van der Waals surface area (Å²) in [6, 6.07) is 0.306. The molecule has 1 aliphatic carbocycles. The van der Waals surface area contributed by atoms with E-state index < -0.39 is 0 Å². The second-order valence-electron chi connectivity index (χ2n) is 6.63. The third kappa shape index (κ3) is 4.94. The average molecular weight is 297 g/mol. The van der Waals surface area contributed by atoms with E-state index in [0.29, 0.717) is 6.04 Å². The highest BCUT2D eigenvalue weighted by Crippen LogP contribution is 2.22. The van der Waals surface area contributed by atoms with E-state index in [1.54, 1.807) is 0 Å². The van der Waals surface area contributed by atoms with E-state index in [1.807, 2.05) is 18.9 Å². The number of carbonyl (C=O) groups is 1. The fourth-order valence-corrected chi connectivity index (χ4v) is 3.34. The van der Waals surface area contributed by atoms with Gasteiger partial charge in [-0.1, -0.05) is 19.3 Å². The van der Waals surface area contributed by atoms with Crippen molar-refractivity contribution in [3.8, 4) is 0 Å². The Morgan fingerprint density at radius 3 is 2.76 bits per heavy atom. The molecule has 1 saturated heterocycles. The Morgan fingerprint density at radius 2 is 2.10 bits per heavy atom. The van der Waals surface area contributed by atoms with Crippen LogP contribution < -0.4 is 5.32 Å². The first-order valence-electron chi connectivity index (χ1n) is 8.38. The van der Waals surface area contributed by atoms with Gasteiger partial charge in [0.1, 0.15) is 0 Å². The van der Waals surface area contributed by atoms with Gasteiger partial charge in [0.25, 0.3) is 0 Å². The third-order valence-electron chi connectivity index (χ3n) is 4.83. The first kappa shape index (κ1) is 16.7. The molecule has 5 nitrogen and oxygen atoms in total. The fraction of sp³-hybridized carbons (Fsp3) is 0.938. The van der Waals surface area contributed by atoms with Gasteiger partial charge in [-0.15, -0.1) is 0 Å². The lowest BCUT2D eigenvalue weighted by atomic mass is 9.94. The molecule has 2 atom stereocenters. The molecule has 5 heteroatoms. The highest BCUT2D eigenvalue weighted by Gasteiger charge is 2.26. The fourth-order valence-electron chi connectivity index (χ4n) is 3.34. The molecule has 1 aliphatic heterocycles. The summed E-state index contributed by atoms with van der Waals surface area (Å²) in [5.74, 6) is 0.214. The van der Waals surface area contributed by atoms with Crippen LogP contribution in [0.15, 0.2) is 0 Å². The van der Waals surface area contributed by atoms with Crippen LogP contribution in [0, 0.1) is 0 Å². The van der Waals surface area contributed by atoms with Crippen molar-refractivity contribution in [2.75, 3.05) is 40.3 Å². The number of hydrogen-bond donors (Lipinski definition) is 1. The number of morpholine rings is 1. The highest BCUT2D eigenvalue weighted by molar-refractivity contribution is 5.81. The van der Waals surface area contributed by atoms with Crippen molar-refractivity contribution in [1.82, 2.24) is 15.1 Å². The lowest BCUT2D eigenvalue weighted by Gasteiger charge is -2.34. The van der Waals surface area contributed by atoms with Crippen LogP contribution in [0.2, 0.25) is 0 Å². The van der Waals surface area contributed by atoms with Gasteiger partial charge >= 0.3 is 0 Å². The molecule has 2 fully saturated rings. The molecule has 0 aromatic carbocycles. The van der Waals surface area contributed by atoms with Crippen LogP contribution in [0.5, 0.6) is 0 Å². The Balaban J connectivity index is 1.73. The quantitative estimate of drug-likeness (QED) is 0.825. The zero-order valence-electron chi connectivity index (χ0n) is 13.8. The number of ether oxygens (including phenoxy) is 1. The summed E-state index contributed by atoms with van der Waals surface area (Å²) in [6.45, 7) is 5.43. The SMILES string of the molecule is C[C@H](NC[C@@H]1CN(C)CCO1)C(=O)N(C)C1CCCCC1. The van der Waals surface area contributed by atoms with Gasteiger partial charge in [0.05, 0.1) is 18.8 Å². The van der Waals surface area contributed by atoms with E-state index in [0.717, 1.165) is 39.1 Å². The number of hydrogen-bond acceptors (Lipinski definition) is 4. The van der Waals surface area contributed by atoms with Crippen molar-refractivity contribution in [2.45, 2.75) is 57.2 Å². The first-order chi connectivity index (χ1) is 10.1. The molecule has 0 radical (unpaired) electrons. The maximum atomic E-state index is 12.5. The van der Waals surface area contributed by atoms with Crippen molar-refractivity contribution in [2.24, 2.45) is 0 Å². The van der Waals surface area contributed by atoms with Gasteiger partial charge in [-0.3, -0.25) is 4.79 Å². The predicted molar refractivity (Wildman–Crippen MR) is 84.3 cm³/mol. The summed E-state index contributed by atoms with van der Waals surface area (Å²) in [6.07, 6.45) is 6.34. The van der Waals surface area contributed by atoms with Crippen LogP contribution in [-0.4, -0.2) is 74.2 Å². The molecule has 2 aliphatic rings. The Bertz CT molecular complexity index is 331. The minimum Gasteiger partial charge on any atom is -0.374 e. The lowest BCUT2D eigenvalue weighted by molar-refractivity contribution is -0.134. The monoisotopic (exact) mass is 297 g/mol. The largest absolute Gasteiger partial charge is 0.374 e. The molecule has 21 heavy (non-hydrogen) atoms. The Morgan fingerprint density at radius 1 is 1.38 bits per heavy atom. The molecule has 0 aromatic rings. The molecule has 0 bridgehead atoms. The van der Waals surface area contributed by atoms with E-state index in [4.69, 9.17) is 4.74 Å². The van der Waals surface area contributed by atoms with E-state index in [1.165, 1.54) is 19.3 Å². The second-order valence-corrected chi connectivity index (χ2v) is 6.63. The highest BCUT2D eigenvalue weighted by atomic mass is 16.5. The second kappa shape index (κ2) is 8.11. The molecular weight excluding hydrogens is 266 g/mol. The Hall–Kier alpha value is -0.650. The van der Waals surface area contributed by atoms with E-state index >= 15 is 0 Å². The molecule has 1 saturated carbocycles. The zero-order chi connectivity index (χ0) is 15.2. The summed E-state index contributed by atoms with van der Waals surface area (Å²) in [4.78, 5) is 16.7. The van der Waals surface area contributed by atoms with Crippen molar-refractivity contribution >= 4 is 5.91 Å². The van der Waals surface area contributed by atoms with Gasteiger partial charge in [0.2, 0.25) is 5.91 Å². The normalized spacial score (nSPS) is 26.5. The van der Waals surface area contributed by atoms with Crippen LogP contribution in [0.1, 0.15) is 39.0 Å². The molecule has 1 N–H and O–H groups in total. The Labute approximate surface area is 129 Å². The van der Waals surface area contributed by atoms with Gasteiger partial charge in [-0.2, -0.15) is 0 Å². The van der Waals surface area contributed by atoms with E-state index in [2.05, 4.69) is 17.3 Å². The summed E-state index contributed by atoms with van der Waals surface area (Å²) in [5, 5.41) is 3.35. The minimum atomic E-state index is -0.132. The van der Waals surface area contributed by atoms with Gasteiger partial charge < -0.3 is 19.9 Å². The number of rotatable bonds is 5. The van der Waals surface area contributed by atoms with Gasteiger partial charge in [-0.25, -0.2) is 0 Å². The van der Waals surface area contributed by atoms with Crippen molar-refractivity contribution in [3.05, 3.63) is 0 Å².